The topological polar surface area (TPSA) is 26.3 Å². The van der Waals surface area contributed by atoms with Crippen LogP contribution in [0.1, 0.15) is 83.1 Å². The van der Waals surface area contributed by atoms with Crippen LogP contribution >= 0.6 is 0 Å². The first kappa shape index (κ1) is 18.0. The second-order valence-electron chi connectivity index (χ2n) is 6.91. The minimum absolute atomic E-state index is 0.328. The van der Waals surface area contributed by atoms with Crippen molar-refractivity contribution in [3.63, 3.8) is 0 Å². The molecule has 0 heterocycles. The van der Waals surface area contributed by atoms with Crippen LogP contribution in [0.3, 0.4) is 0 Å². The van der Waals surface area contributed by atoms with Gasteiger partial charge in [0, 0.05) is 12.3 Å². The highest BCUT2D eigenvalue weighted by atomic mass is 16.5. The molecule has 23 heavy (non-hydrogen) atoms. The Kier molecular flexibility index (Phi) is 7.64. The van der Waals surface area contributed by atoms with E-state index in [4.69, 9.17) is 4.74 Å². The largest absolute Gasteiger partial charge is 0.494 e. The first-order chi connectivity index (χ1) is 11.2. The lowest BCUT2D eigenvalue weighted by Gasteiger charge is -2.27. The van der Waals surface area contributed by atoms with E-state index < -0.39 is 0 Å². The fraction of sp³-hybridized carbons (Fsp3) is 0.667. The summed E-state index contributed by atoms with van der Waals surface area (Å²) in [4.78, 5) is 12.4. The highest BCUT2D eigenvalue weighted by Gasteiger charge is 2.28. The summed E-state index contributed by atoms with van der Waals surface area (Å²) in [6.07, 6.45) is 10.0. The van der Waals surface area contributed by atoms with Gasteiger partial charge in [-0.15, -0.1) is 0 Å². The molecule has 0 aliphatic heterocycles. The Morgan fingerprint density at radius 1 is 1.00 bits per heavy atom. The average Bonchev–Trinajstić information content (AvgIpc) is 2.57. The Morgan fingerprint density at radius 3 is 2.39 bits per heavy atom. The number of hydrogen-bond acceptors (Lipinski definition) is 2. The standard InChI is InChI=1S/C21H32O2/c1-3-5-7-8-18-9-10-19(16-21(18)22)17-11-13-20(14-12-17)23-15-6-4-2/h11-14,18-19H,3-10,15-16H2,1-2H3/t18-,19-/m0/s1. The molecule has 0 spiro atoms. The van der Waals surface area contributed by atoms with Gasteiger partial charge in [-0.2, -0.15) is 0 Å². The van der Waals surface area contributed by atoms with Crippen molar-refractivity contribution in [1.82, 2.24) is 0 Å². The zero-order valence-corrected chi connectivity index (χ0v) is 14.9. The number of rotatable bonds is 9. The molecule has 2 nitrogen and oxygen atoms in total. The predicted molar refractivity (Wildman–Crippen MR) is 96.1 cm³/mol. The van der Waals surface area contributed by atoms with Gasteiger partial charge in [0.15, 0.2) is 0 Å². The van der Waals surface area contributed by atoms with E-state index in [0.29, 0.717) is 17.6 Å². The average molecular weight is 316 g/mol. The molecule has 0 aromatic heterocycles. The molecule has 0 bridgehead atoms. The van der Waals surface area contributed by atoms with Gasteiger partial charge in [-0.1, -0.05) is 51.7 Å². The maximum absolute atomic E-state index is 12.4. The molecule has 128 valence electrons. The molecule has 0 N–H and O–H groups in total. The van der Waals surface area contributed by atoms with E-state index in [2.05, 4.69) is 38.1 Å². The van der Waals surface area contributed by atoms with Crippen LogP contribution in [0.25, 0.3) is 0 Å². The van der Waals surface area contributed by atoms with Crippen molar-refractivity contribution in [2.75, 3.05) is 6.61 Å². The summed E-state index contributed by atoms with van der Waals surface area (Å²) in [5.74, 6) is 2.17. The summed E-state index contributed by atoms with van der Waals surface area (Å²) in [7, 11) is 0. The number of unbranched alkanes of at least 4 members (excludes halogenated alkanes) is 3. The van der Waals surface area contributed by atoms with Gasteiger partial charge in [-0.05, 0) is 49.3 Å². The van der Waals surface area contributed by atoms with Gasteiger partial charge in [-0.3, -0.25) is 4.79 Å². The Bertz CT molecular complexity index is 463. The van der Waals surface area contributed by atoms with Crippen molar-refractivity contribution in [3.8, 4) is 5.75 Å². The smallest absolute Gasteiger partial charge is 0.136 e. The summed E-state index contributed by atoms with van der Waals surface area (Å²) < 4.78 is 5.71. The number of hydrogen-bond donors (Lipinski definition) is 0. The second-order valence-corrected chi connectivity index (χ2v) is 6.91. The van der Waals surface area contributed by atoms with Crippen LogP contribution in [0.15, 0.2) is 24.3 Å². The summed E-state index contributed by atoms with van der Waals surface area (Å²) in [5.41, 5.74) is 1.30. The molecule has 2 heteroatoms. The molecule has 1 aromatic carbocycles. The number of carbonyl (C=O) groups excluding carboxylic acids is 1. The molecule has 0 saturated heterocycles. The van der Waals surface area contributed by atoms with Crippen molar-refractivity contribution in [2.24, 2.45) is 5.92 Å². The quantitative estimate of drug-likeness (QED) is 0.530. The summed E-state index contributed by atoms with van der Waals surface area (Å²) in [6.45, 7) is 5.17. The van der Waals surface area contributed by atoms with Gasteiger partial charge in [0.05, 0.1) is 6.61 Å². The number of benzene rings is 1. The van der Waals surface area contributed by atoms with Crippen LogP contribution in [0.4, 0.5) is 0 Å². The van der Waals surface area contributed by atoms with Crippen molar-refractivity contribution in [3.05, 3.63) is 29.8 Å². The van der Waals surface area contributed by atoms with Crippen LogP contribution < -0.4 is 4.74 Å². The SMILES string of the molecule is CCCCC[C@H]1CC[C@H](c2ccc(OCCCC)cc2)CC1=O. The first-order valence-electron chi connectivity index (χ1n) is 9.50. The van der Waals surface area contributed by atoms with Crippen LogP contribution in [0.5, 0.6) is 5.75 Å². The van der Waals surface area contributed by atoms with E-state index in [9.17, 15) is 4.79 Å². The van der Waals surface area contributed by atoms with E-state index in [-0.39, 0.29) is 0 Å². The molecule has 2 rings (SSSR count). The van der Waals surface area contributed by atoms with Gasteiger partial charge >= 0.3 is 0 Å². The predicted octanol–water partition coefficient (Wildman–Crippen LogP) is 5.90. The molecular formula is C21H32O2. The zero-order chi connectivity index (χ0) is 16.5. The minimum Gasteiger partial charge on any atom is -0.494 e. The van der Waals surface area contributed by atoms with Gasteiger partial charge in [0.25, 0.3) is 0 Å². The van der Waals surface area contributed by atoms with Crippen molar-refractivity contribution < 1.29 is 9.53 Å². The lowest BCUT2D eigenvalue weighted by atomic mass is 9.76. The molecular weight excluding hydrogens is 284 g/mol. The molecule has 0 radical (unpaired) electrons. The molecule has 1 fully saturated rings. The fourth-order valence-corrected chi connectivity index (χ4v) is 3.48. The lowest BCUT2D eigenvalue weighted by molar-refractivity contribution is -0.125. The third-order valence-electron chi connectivity index (χ3n) is 5.04. The Hall–Kier alpha value is -1.31. The molecule has 1 aliphatic carbocycles. The number of ketones is 1. The summed E-state index contributed by atoms with van der Waals surface area (Å²) in [6, 6.07) is 8.42. The van der Waals surface area contributed by atoms with E-state index in [0.717, 1.165) is 50.9 Å². The number of carbonyl (C=O) groups is 1. The number of Topliss-reactive ketones (excluding diaryl/α,β-unsaturated/α-hetero) is 1. The highest BCUT2D eigenvalue weighted by Crippen LogP contribution is 2.36. The van der Waals surface area contributed by atoms with Crippen molar-refractivity contribution in [1.29, 1.82) is 0 Å². The zero-order valence-electron chi connectivity index (χ0n) is 14.9. The van der Waals surface area contributed by atoms with E-state index in [1.54, 1.807) is 0 Å². The van der Waals surface area contributed by atoms with Crippen molar-refractivity contribution in [2.45, 2.75) is 77.6 Å². The number of ether oxygens (including phenoxy) is 1. The van der Waals surface area contributed by atoms with Crippen LogP contribution in [-0.4, -0.2) is 12.4 Å². The van der Waals surface area contributed by atoms with Gasteiger partial charge < -0.3 is 4.74 Å². The molecule has 1 aliphatic rings. The van der Waals surface area contributed by atoms with Gasteiger partial charge in [-0.25, -0.2) is 0 Å². The Labute approximate surface area is 141 Å². The monoisotopic (exact) mass is 316 g/mol. The van der Waals surface area contributed by atoms with E-state index in [1.807, 2.05) is 0 Å². The minimum atomic E-state index is 0.328. The van der Waals surface area contributed by atoms with E-state index in [1.165, 1.54) is 24.8 Å². The third kappa shape index (κ3) is 5.67. The summed E-state index contributed by atoms with van der Waals surface area (Å²) in [5, 5.41) is 0. The second kappa shape index (κ2) is 9.75. The van der Waals surface area contributed by atoms with Crippen molar-refractivity contribution >= 4 is 5.78 Å². The van der Waals surface area contributed by atoms with E-state index >= 15 is 0 Å². The maximum atomic E-state index is 12.4. The van der Waals surface area contributed by atoms with Gasteiger partial charge in [0.1, 0.15) is 11.5 Å². The Balaban J connectivity index is 1.82. The summed E-state index contributed by atoms with van der Waals surface area (Å²) >= 11 is 0. The molecule has 0 unspecified atom stereocenters. The molecule has 2 atom stereocenters. The third-order valence-corrected chi connectivity index (χ3v) is 5.04. The lowest BCUT2D eigenvalue weighted by Crippen LogP contribution is -2.23. The molecule has 0 amide bonds. The Morgan fingerprint density at radius 2 is 1.74 bits per heavy atom. The fourth-order valence-electron chi connectivity index (χ4n) is 3.48. The molecule has 1 aromatic rings. The molecule has 1 saturated carbocycles. The first-order valence-corrected chi connectivity index (χ1v) is 9.50. The van der Waals surface area contributed by atoms with Crippen LogP contribution in [0.2, 0.25) is 0 Å². The van der Waals surface area contributed by atoms with Crippen LogP contribution in [-0.2, 0) is 4.79 Å². The van der Waals surface area contributed by atoms with Gasteiger partial charge in [0.2, 0.25) is 0 Å². The highest BCUT2D eigenvalue weighted by molar-refractivity contribution is 5.82. The van der Waals surface area contributed by atoms with Crippen LogP contribution in [0, 0.1) is 5.92 Å². The maximum Gasteiger partial charge on any atom is 0.136 e. The normalized spacial score (nSPS) is 21.4.